The lowest BCUT2D eigenvalue weighted by Gasteiger charge is -2.22. The van der Waals surface area contributed by atoms with Crippen LogP contribution in [0.3, 0.4) is 0 Å². The zero-order valence-electron chi connectivity index (χ0n) is 15.0. The molecule has 1 fully saturated rings. The van der Waals surface area contributed by atoms with Crippen LogP contribution in [0.15, 0.2) is 54.9 Å². The predicted molar refractivity (Wildman–Crippen MR) is 101 cm³/mol. The Bertz CT molecular complexity index is 902. The quantitative estimate of drug-likeness (QED) is 0.785. The molecule has 5 nitrogen and oxygen atoms in total. The van der Waals surface area contributed by atoms with Gasteiger partial charge in [-0.15, -0.1) is 0 Å². The second kappa shape index (κ2) is 6.75. The van der Waals surface area contributed by atoms with Gasteiger partial charge in [0.1, 0.15) is 6.33 Å². The highest BCUT2D eigenvalue weighted by molar-refractivity contribution is 5.95. The zero-order valence-corrected chi connectivity index (χ0v) is 15.0. The highest BCUT2D eigenvalue weighted by atomic mass is 16.2. The van der Waals surface area contributed by atoms with Crippen molar-refractivity contribution in [2.75, 3.05) is 6.54 Å². The molecule has 3 aromatic rings. The molecular formula is C21H22N4O. The van der Waals surface area contributed by atoms with Gasteiger partial charge in [0.25, 0.3) is 5.91 Å². The second-order valence-electron chi connectivity index (χ2n) is 7.06. The van der Waals surface area contributed by atoms with E-state index in [2.05, 4.69) is 53.3 Å². The van der Waals surface area contributed by atoms with Crippen molar-refractivity contribution in [3.63, 3.8) is 0 Å². The van der Waals surface area contributed by atoms with E-state index in [1.54, 1.807) is 0 Å². The Labute approximate surface area is 153 Å². The van der Waals surface area contributed by atoms with E-state index in [4.69, 9.17) is 0 Å². The number of aryl methyl sites for hydroxylation is 1. The van der Waals surface area contributed by atoms with Gasteiger partial charge >= 0.3 is 0 Å². The van der Waals surface area contributed by atoms with Gasteiger partial charge in [-0.05, 0) is 38.0 Å². The van der Waals surface area contributed by atoms with Crippen LogP contribution in [-0.2, 0) is 0 Å². The van der Waals surface area contributed by atoms with Crippen LogP contribution in [0.2, 0.25) is 0 Å². The lowest BCUT2D eigenvalue weighted by Crippen LogP contribution is -2.33. The Hall–Kier alpha value is -2.95. The molecule has 4 rings (SSSR count). The van der Waals surface area contributed by atoms with Crippen LogP contribution in [0.25, 0.3) is 11.4 Å². The summed E-state index contributed by atoms with van der Waals surface area (Å²) in [7, 11) is 0. The van der Waals surface area contributed by atoms with Gasteiger partial charge in [-0.1, -0.05) is 42.0 Å². The molecule has 1 aliphatic heterocycles. The summed E-state index contributed by atoms with van der Waals surface area (Å²) in [5.74, 6) is 1.15. The van der Waals surface area contributed by atoms with Crippen molar-refractivity contribution in [1.82, 2.24) is 20.1 Å². The molecule has 26 heavy (non-hydrogen) atoms. The van der Waals surface area contributed by atoms with Gasteiger partial charge in [0.15, 0.2) is 5.82 Å². The Morgan fingerprint density at radius 3 is 2.73 bits per heavy atom. The first-order valence-corrected chi connectivity index (χ1v) is 8.95. The summed E-state index contributed by atoms with van der Waals surface area (Å²) in [5, 5.41) is 6.73. The Balaban J connectivity index is 1.55. The summed E-state index contributed by atoms with van der Waals surface area (Å²) in [6, 6.07) is 16.5. The first-order chi connectivity index (χ1) is 12.6. The third-order valence-electron chi connectivity index (χ3n) is 5.18. The van der Waals surface area contributed by atoms with Crippen molar-refractivity contribution in [3.8, 4) is 11.4 Å². The van der Waals surface area contributed by atoms with E-state index in [1.807, 2.05) is 29.2 Å². The van der Waals surface area contributed by atoms with Crippen LogP contribution in [0.5, 0.6) is 0 Å². The lowest BCUT2D eigenvalue weighted by molar-refractivity contribution is 0.0746. The van der Waals surface area contributed by atoms with Crippen LogP contribution >= 0.6 is 0 Å². The number of H-pyrrole nitrogens is 1. The molecule has 0 saturated carbocycles. The molecule has 1 N–H and O–H groups in total. The monoisotopic (exact) mass is 346 g/mol. The third kappa shape index (κ3) is 3.12. The normalized spacial score (nSPS) is 19.7. The molecule has 1 amide bonds. The first kappa shape index (κ1) is 16.5. The molecule has 0 aliphatic carbocycles. The van der Waals surface area contributed by atoms with Gasteiger partial charge < -0.3 is 4.90 Å². The zero-order chi connectivity index (χ0) is 18.1. The molecule has 2 heterocycles. The number of nitrogens with one attached hydrogen (secondary N) is 1. The fraction of sp³-hybridized carbons (Fsp3) is 0.286. The maximum absolute atomic E-state index is 13.1. The Morgan fingerprint density at radius 1 is 1.19 bits per heavy atom. The SMILES string of the molecule is Cc1ccc(C2CC(C)N(C(=O)c3cccc(-c4ncn[nH]4)c3)C2)cc1. The first-order valence-electron chi connectivity index (χ1n) is 8.95. The summed E-state index contributed by atoms with van der Waals surface area (Å²) in [4.78, 5) is 19.2. The van der Waals surface area contributed by atoms with Crippen LogP contribution in [0, 0.1) is 6.92 Å². The molecule has 1 saturated heterocycles. The Morgan fingerprint density at radius 2 is 2.00 bits per heavy atom. The van der Waals surface area contributed by atoms with Crippen molar-refractivity contribution < 1.29 is 4.79 Å². The molecule has 1 aliphatic rings. The molecule has 0 spiro atoms. The largest absolute Gasteiger partial charge is 0.335 e. The van der Waals surface area contributed by atoms with Crippen LogP contribution in [-0.4, -0.2) is 38.6 Å². The predicted octanol–water partition coefficient (Wildman–Crippen LogP) is 3.80. The standard InChI is InChI=1S/C21H22N4O/c1-14-6-8-16(9-7-14)19-10-15(2)25(12-19)21(26)18-5-3-4-17(11-18)20-22-13-23-24-20/h3-9,11,13,15,19H,10,12H2,1-2H3,(H,22,23,24). The number of benzene rings is 2. The molecule has 5 heteroatoms. The molecule has 2 atom stereocenters. The van der Waals surface area contributed by atoms with Crippen molar-refractivity contribution in [1.29, 1.82) is 0 Å². The number of hydrogen-bond acceptors (Lipinski definition) is 3. The van der Waals surface area contributed by atoms with Gasteiger partial charge in [-0.25, -0.2) is 4.98 Å². The van der Waals surface area contributed by atoms with E-state index in [1.165, 1.54) is 17.5 Å². The second-order valence-corrected chi connectivity index (χ2v) is 7.06. The molecular weight excluding hydrogens is 324 g/mol. The highest BCUT2D eigenvalue weighted by Crippen LogP contribution is 2.33. The summed E-state index contributed by atoms with van der Waals surface area (Å²) in [6.45, 7) is 4.99. The van der Waals surface area contributed by atoms with E-state index in [0.717, 1.165) is 18.5 Å². The Kier molecular flexibility index (Phi) is 4.29. The van der Waals surface area contributed by atoms with E-state index < -0.39 is 0 Å². The van der Waals surface area contributed by atoms with Crippen molar-refractivity contribution >= 4 is 5.91 Å². The van der Waals surface area contributed by atoms with Gasteiger partial charge in [0, 0.05) is 29.6 Å². The minimum atomic E-state index is 0.0773. The topological polar surface area (TPSA) is 61.9 Å². The number of rotatable bonds is 3. The fourth-order valence-corrected chi connectivity index (χ4v) is 3.70. The van der Waals surface area contributed by atoms with E-state index >= 15 is 0 Å². The number of amides is 1. The van der Waals surface area contributed by atoms with Crippen molar-refractivity contribution in [3.05, 3.63) is 71.5 Å². The number of carbonyl (C=O) groups is 1. The van der Waals surface area contributed by atoms with E-state index in [9.17, 15) is 4.79 Å². The fourth-order valence-electron chi connectivity index (χ4n) is 3.70. The number of carbonyl (C=O) groups excluding carboxylic acids is 1. The van der Waals surface area contributed by atoms with Gasteiger partial charge in [-0.2, -0.15) is 5.10 Å². The number of hydrogen-bond donors (Lipinski definition) is 1. The van der Waals surface area contributed by atoms with E-state index in [-0.39, 0.29) is 11.9 Å². The molecule has 2 aromatic carbocycles. The average Bonchev–Trinajstić information content (AvgIpc) is 3.32. The number of aromatic amines is 1. The molecule has 0 radical (unpaired) electrons. The lowest BCUT2D eigenvalue weighted by atomic mass is 9.96. The summed E-state index contributed by atoms with van der Waals surface area (Å²) in [6.07, 6.45) is 2.47. The minimum Gasteiger partial charge on any atom is -0.335 e. The highest BCUT2D eigenvalue weighted by Gasteiger charge is 2.33. The molecule has 0 bridgehead atoms. The van der Waals surface area contributed by atoms with Gasteiger partial charge in [0.05, 0.1) is 0 Å². The number of nitrogens with zero attached hydrogens (tertiary/aromatic N) is 3. The minimum absolute atomic E-state index is 0.0773. The van der Waals surface area contributed by atoms with Crippen LogP contribution < -0.4 is 0 Å². The summed E-state index contributed by atoms with van der Waals surface area (Å²) < 4.78 is 0. The van der Waals surface area contributed by atoms with Gasteiger partial charge in [0.2, 0.25) is 0 Å². The van der Waals surface area contributed by atoms with Crippen molar-refractivity contribution in [2.24, 2.45) is 0 Å². The van der Waals surface area contributed by atoms with Crippen LogP contribution in [0.4, 0.5) is 0 Å². The maximum atomic E-state index is 13.1. The number of aromatic nitrogens is 3. The smallest absolute Gasteiger partial charge is 0.254 e. The maximum Gasteiger partial charge on any atom is 0.254 e. The third-order valence-corrected chi connectivity index (χ3v) is 5.18. The van der Waals surface area contributed by atoms with E-state index in [0.29, 0.717) is 17.3 Å². The van der Waals surface area contributed by atoms with Gasteiger partial charge in [-0.3, -0.25) is 9.89 Å². The summed E-state index contributed by atoms with van der Waals surface area (Å²) in [5.41, 5.74) is 4.13. The number of likely N-dealkylation sites (tertiary alicyclic amines) is 1. The average molecular weight is 346 g/mol. The molecule has 2 unspecified atom stereocenters. The van der Waals surface area contributed by atoms with Crippen LogP contribution in [0.1, 0.15) is 40.7 Å². The molecule has 1 aromatic heterocycles. The summed E-state index contributed by atoms with van der Waals surface area (Å²) >= 11 is 0. The van der Waals surface area contributed by atoms with Crippen molar-refractivity contribution in [2.45, 2.75) is 32.2 Å². The molecule has 132 valence electrons.